The third kappa shape index (κ3) is 2.96. The van der Waals surface area contributed by atoms with Crippen molar-refractivity contribution >= 4 is 78.9 Å². The molecule has 4 heterocycles. The van der Waals surface area contributed by atoms with Gasteiger partial charge in [0.25, 0.3) is 0 Å². The monoisotopic (exact) mass is 499 g/mol. The van der Waals surface area contributed by atoms with Gasteiger partial charge in [-0.05, 0) is 61.2 Å². The summed E-state index contributed by atoms with van der Waals surface area (Å²) >= 11 is 12.7. The molecule has 4 aromatic heterocycles. The van der Waals surface area contributed by atoms with Crippen LogP contribution in [0.15, 0.2) is 60.7 Å². The number of hydrogen-bond donors (Lipinski definition) is 2. The summed E-state index contributed by atoms with van der Waals surface area (Å²) in [5, 5.41) is 1.60. The molecule has 0 aliphatic carbocycles. The number of benzene rings is 2. The molecule has 0 atom stereocenters. The summed E-state index contributed by atoms with van der Waals surface area (Å²) in [6.45, 7) is 1.99. The highest BCUT2D eigenvalue weighted by Crippen LogP contribution is 2.40. The molecule has 0 unspecified atom stereocenters. The molecule has 0 saturated carbocycles. The Morgan fingerprint density at radius 3 is 1.91 bits per heavy atom. The SMILES string of the molecule is Cc1c2c(N)n(-c3ccccc3)c(=S)nc2nc2sc3c(N)n(-c4ccccc4)c(=S)nc3c12. The molecule has 0 fully saturated rings. The second-order valence-electron chi connectivity index (χ2n) is 7.80. The Labute approximate surface area is 208 Å². The lowest BCUT2D eigenvalue weighted by Crippen LogP contribution is -2.09. The summed E-state index contributed by atoms with van der Waals surface area (Å²) in [4.78, 5) is 15.0. The third-order valence-electron chi connectivity index (χ3n) is 5.84. The lowest BCUT2D eigenvalue weighted by Gasteiger charge is -2.14. The number of hydrogen-bond acceptors (Lipinski definition) is 8. The summed E-state index contributed by atoms with van der Waals surface area (Å²) in [5.74, 6) is 1.01. The fourth-order valence-electron chi connectivity index (χ4n) is 4.30. The summed E-state index contributed by atoms with van der Waals surface area (Å²) in [5.41, 5.74) is 17.1. The van der Waals surface area contributed by atoms with E-state index in [0.717, 1.165) is 42.8 Å². The van der Waals surface area contributed by atoms with Crippen LogP contribution in [0, 0.1) is 16.5 Å². The van der Waals surface area contributed by atoms with Crippen molar-refractivity contribution in [2.24, 2.45) is 0 Å². The van der Waals surface area contributed by atoms with E-state index >= 15 is 0 Å². The first-order chi connectivity index (χ1) is 16.5. The van der Waals surface area contributed by atoms with Crippen LogP contribution in [-0.2, 0) is 0 Å². The number of pyridine rings is 1. The number of fused-ring (bicyclic) bond motifs is 4. The van der Waals surface area contributed by atoms with Gasteiger partial charge >= 0.3 is 0 Å². The average molecular weight is 500 g/mol. The van der Waals surface area contributed by atoms with Crippen LogP contribution in [0.2, 0.25) is 0 Å². The summed E-state index contributed by atoms with van der Waals surface area (Å²) in [6.07, 6.45) is 0. The van der Waals surface area contributed by atoms with Crippen LogP contribution in [0.1, 0.15) is 5.56 Å². The van der Waals surface area contributed by atoms with E-state index in [2.05, 4.69) is 4.98 Å². The first-order valence-electron chi connectivity index (χ1n) is 10.4. The van der Waals surface area contributed by atoms with Gasteiger partial charge in [0.1, 0.15) is 16.5 Å². The number of aromatic nitrogens is 5. The zero-order valence-corrected chi connectivity index (χ0v) is 20.3. The average Bonchev–Trinajstić information content (AvgIpc) is 3.19. The van der Waals surface area contributed by atoms with Crippen molar-refractivity contribution in [3.05, 3.63) is 75.8 Å². The fourth-order valence-corrected chi connectivity index (χ4v) is 6.00. The van der Waals surface area contributed by atoms with Crippen molar-refractivity contribution in [1.82, 2.24) is 24.1 Å². The highest BCUT2D eigenvalue weighted by Gasteiger charge is 2.21. The fraction of sp³-hybridized carbons (Fsp3) is 0.0417. The maximum atomic E-state index is 6.67. The van der Waals surface area contributed by atoms with Gasteiger partial charge in [0.15, 0.2) is 5.65 Å². The van der Waals surface area contributed by atoms with E-state index in [4.69, 9.17) is 45.9 Å². The molecule has 7 nitrogen and oxygen atoms in total. The predicted molar refractivity (Wildman–Crippen MR) is 144 cm³/mol. The Kier molecular flexibility index (Phi) is 4.70. The molecule has 0 aliphatic rings. The largest absolute Gasteiger partial charge is 0.384 e. The van der Waals surface area contributed by atoms with Crippen LogP contribution in [-0.4, -0.2) is 24.1 Å². The number of para-hydroxylation sites is 2. The van der Waals surface area contributed by atoms with Crippen molar-refractivity contribution < 1.29 is 0 Å². The van der Waals surface area contributed by atoms with Crippen LogP contribution in [0.25, 0.3) is 42.8 Å². The molecule has 0 radical (unpaired) electrons. The highest BCUT2D eigenvalue weighted by atomic mass is 32.1. The summed E-state index contributed by atoms with van der Waals surface area (Å²) in [6, 6.07) is 19.4. The molecule has 0 saturated heterocycles. The lowest BCUT2D eigenvalue weighted by molar-refractivity contribution is 0.987. The van der Waals surface area contributed by atoms with Gasteiger partial charge < -0.3 is 11.5 Å². The van der Waals surface area contributed by atoms with Gasteiger partial charge in [-0.3, -0.25) is 9.13 Å². The smallest absolute Gasteiger partial charge is 0.207 e. The van der Waals surface area contributed by atoms with Crippen molar-refractivity contribution in [3.63, 3.8) is 0 Å². The first kappa shape index (κ1) is 20.8. The topological polar surface area (TPSA) is 101 Å². The quantitative estimate of drug-likeness (QED) is 0.286. The number of nitrogen functional groups attached to an aromatic ring is 2. The number of aryl methyl sites for hydroxylation is 1. The molecule has 0 amide bonds. The minimum atomic E-state index is 0.343. The zero-order valence-electron chi connectivity index (χ0n) is 17.9. The molecule has 6 aromatic rings. The Bertz CT molecular complexity index is 1870. The molecule has 2 aromatic carbocycles. The maximum absolute atomic E-state index is 6.67. The summed E-state index contributed by atoms with van der Waals surface area (Å²) in [7, 11) is 0. The molecular weight excluding hydrogens is 483 g/mol. The van der Waals surface area contributed by atoms with Crippen LogP contribution >= 0.6 is 35.8 Å². The van der Waals surface area contributed by atoms with Gasteiger partial charge in [-0.2, -0.15) is 4.98 Å². The van der Waals surface area contributed by atoms with E-state index < -0.39 is 0 Å². The van der Waals surface area contributed by atoms with Gasteiger partial charge in [-0.1, -0.05) is 36.4 Å². The first-order valence-corrected chi connectivity index (χ1v) is 12.0. The zero-order chi connectivity index (χ0) is 23.6. The Morgan fingerprint density at radius 1 is 0.735 bits per heavy atom. The Hall–Kier alpha value is -3.73. The Balaban J connectivity index is 1.73. The number of nitrogens with two attached hydrogens (primary N) is 2. The maximum Gasteiger partial charge on any atom is 0.207 e. The van der Waals surface area contributed by atoms with Crippen molar-refractivity contribution in [3.8, 4) is 11.4 Å². The van der Waals surface area contributed by atoms with Gasteiger partial charge in [0.2, 0.25) is 9.54 Å². The summed E-state index contributed by atoms with van der Waals surface area (Å²) < 4.78 is 5.07. The minimum Gasteiger partial charge on any atom is -0.384 e. The van der Waals surface area contributed by atoms with Gasteiger partial charge in [0, 0.05) is 16.8 Å². The Morgan fingerprint density at radius 2 is 1.29 bits per heavy atom. The highest BCUT2D eigenvalue weighted by molar-refractivity contribution is 7.71. The number of thiophene rings is 1. The molecule has 34 heavy (non-hydrogen) atoms. The number of rotatable bonds is 2. The van der Waals surface area contributed by atoms with E-state index in [0.29, 0.717) is 26.8 Å². The molecule has 4 N–H and O–H groups in total. The molecule has 166 valence electrons. The molecule has 6 rings (SSSR count). The third-order valence-corrected chi connectivity index (χ3v) is 7.48. The van der Waals surface area contributed by atoms with Crippen LogP contribution in [0.4, 0.5) is 11.6 Å². The molecule has 0 aliphatic heterocycles. The van der Waals surface area contributed by atoms with Crippen LogP contribution < -0.4 is 11.5 Å². The molecular formula is C24H17N7S3. The van der Waals surface area contributed by atoms with E-state index in [1.54, 1.807) is 9.13 Å². The molecule has 10 heteroatoms. The predicted octanol–water partition coefficient (Wildman–Crippen LogP) is 5.91. The van der Waals surface area contributed by atoms with E-state index in [-0.39, 0.29) is 0 Å². The number of nitrogens with zero attached hydrogens (tertiary/aromatic N) is 5. The normalized spacial score (nSPS) is 11.6. The van der Waals surface area contributed by atoms with Crippen molar-refractivity contribution in [2.75, 3.05) is 11.5 Å². The van der Waals surface area contributed by atoms with Gasteiger partial charge in [-0.25, -0.2) is 9.97 Å². The molecule has 0 spiro atoms. The van der Waals surface area contributed by atoms with Crippen molar-refractivity contribution in [1.29, 1.82) is 0 Å². The van der Waals surface area contributed by atoms with Gasteiger partial charge in [0.05, 0.1) is 15.6 Å². The second-order valence-corrected chi connectivity index (χ2v) is 9.53. The number of anilines is 2. The van der Waals surface area contributed by atoms with Crippen LogP contribution in [0.3, 0.4) is 0 Å². The van der Waals surface area contributed by atoms with Crippen molar-refractivity contribution in [2.45, 2.75) is 6.92 Å². The van der Waals surface area contributed by atoms with E-state index in [1.165, 1.54) is 11.3 Å². The van der Waals surface area contributed by atoms with E-state index in [1.807, 2.05) is 67.6 Å². The minimum absolute atomic E-state index is 0.343. The van der Waals surface area contributed by atoms with Crippen LogP contribution in [0.5, 0.6) is 0 Å². The van der Waals surface area contributed by atoms with Gasteiger partial charge in [-0.15, -0.1) is 11.3 Å². The van der Waals surface area contributed by atoms with E-state index in [9.17, 15) is 0 Å². The standard InChI is InChI=1S/C24H17N7S3/c1-12-15-17-18(20(26)31(23(32)27-17)14-10-6-3-7-11-14)34-22(15)28-21-16(12)19(25)30(24(33)29-21)13-8-4-2-5-9-13/h2-11H,25-26H2,1H3. The molecule has 0 bridgehead atoms. The second kappa shape index (κ2) is 7.66. The lowest BCUT2D eigenvalue weighted by atomic mass is 10.1.